The molecule has 3 fully saturated rings. The van der Waals surface area contributed by atoms with Crippen LogP contribution in [-0.2, 0) is 4.74 Å². The van der Waals surface area contributed by atoms with Crippen LogP contribution in [0.5, 0.6) is 0 Å². The predicted octanol–water partition coefficient (Wildman–Crippen LogP) is 3.41. The van der Waals surface area contributed by atoms with Gasteiger partial charge in [0.15, 0.2) is 5.96 Å². The number of hydrogen-bond donors (Lipinski definition) is 1. The van der Waals surface area contributed by atoms with Crippen molar-refractivity contribution in [1.82, 2.24) is 10.2 Å². The Morgan fingerprint density at radius 3 is 2.73 bits per heavy atom. The summed E-state index contributed by atoms with van der Waals surface area (Å²) in [6.45, 7) is 4.33. The molecular weight excluding hydrogens is 389 g/mol. The minimum atomic E-state index is 0. The zero-order valence-corrected chi connectivity index (χ0v) is 16.3. The van der Waals surface area contributed by atoms with Crippen LogP contribution in [0.25, 0.3) is 0 Å². The highest BCUT2D eigenvalue weighted by Crippen LogP contribution is 2.43. The number of halogens is 1. The smallest absolute Gasteiger partial charge is 0.193 e. The van der Waals surface area contributed by atoms with Crippen LogP contribution in [0.3, 0.4) is 0 Å². The first-order valence-corrected chi connectivity index (χ1v) is 8.89. The van der Waals surface area contributed by atoms with E-state index in [-0.39, 0.29) is 24.0 Å². The van der Waals surface area contributed by atoms with Crippen molar-refractivity contribution in [3.05, 3.63) is 0 Å². The maximum atomic E-state index is 5.69. The van der Waals surface area contributed by atoms with Gasteiger partial charge in [0.2, 0.25) is 0 Å². The summed E-state index contributed by atoms with van der Waals surface area (Å²) in [4.78, 5) is 6.99. The molecule has 2 aliphatic heterocycles. The quantitative estimate of drug-likeness (QED) is 0.431. The number of nitrogens with zero attached hydrogens (tertiary/aromatic N) is 2. The van der Waals surface area contributed by atoms with Gasteiger partial charge in [-0.25, -0.2) is 0 Å². The molecule has 22 heavy (non-hydrogen) atoms. The Morgan fingerprint density at radius 1 is 1.23 bits per heavy atom. The van der Waals surface area contributed by atoms with Crippen molar-refractivity contribution in [2.24, 2.45) is 10.4 Å². The summed E-state index contributed by atoms with van der Waals surface area (Å²) in [7, 11) is 1.92. The minimum absolute atomic E-state index is 0. The lowest BCUT2D eigenvalue weighted by Crippen LogP contribution is -2.42. The molecule has 4 nitrogen and oxygen atoms in total. The van der Waals surface area contributed by atoms with Crippen LogP contribution in [0.1, 0.15) is 57.8 Å². The molecule has 1 atom stereocenters. The molecule has 1 aliphatic carbocycles. The van der Waals surface area contributed by atoms with Crippen molar-refractivity contribution in [3.63, 3.8) is 0 Å². The third-order valence-electron chi connectivity index (χ3n) is 5.64. The molecule has 1 saturated carbocycles. The van der Waals surface area contributed by atoms with Crippen molar-refractivity contribution in [3.8, 4) is 0 Å². The van der Waals surface area contributed by atoms with E-state index in [1.807, 2.05) is 7.05 Å². The molecule has 1 N–H and O–H groups in total. The maximum Gasteiger partial charge on any atom is 0.193 e. The summed E-state index contributed by atoms with van der Waals surface area (Å²) in [6, 6.07) is 0. The number of rotatable bonds is 3. The third-order valence-corrected chi connectivity index (χ3v) is 5.64. The number of guanidine groups is 1. The molecule has 5 heteroatoms. The van der Waals surface area contributed by atoms with Crippen molar-refractivity contribution in [2.45, 2.75) is 63.9 Å². The summed E-state index contributed by atoms with van der Waals surface area (Å²) in [5, 5.41) is 3.56. The number of likely N-dealkylation sites (tertiary alicyclic amines) is 1. The van der Waals surface area contributed by atoms with E-state index in [1.54, 1.807) is 0 Å². The normalized spacial score (nSPS) is 28.0. The van der Waals surface area contributed by atoms with Crippen molar-refractivity contribution in [2.75, 3.05) is 33.3 Å². The van der Waals surface area contributed by atoms with Crippen LogP contribution in [0.15, 0.2) is 4.99 Å². The molecule has 2 saturated heterocycles. The molecule has 0 aromatic rings. The molecule has 1 spiro atoms. The fourth-order valence-corrected chi connectivity index (χ4v) is 4.38. The molecule has 0 bridgehead atoms. The first-order valence-electron chi connectivity index (χ1n) is 8.89. The monoisotopic (exact) mass is 421 g/mol. The summed E-state index contributed by atoms with van der Waals surface area (Å²) in [5.41, 5.74) is 0.602. The van der Waals surface area contributed by atoms with Gasteiger partial charge in [-0.15, -0.1) is 24.0 Å². The van der Waals surface area contributed by atoms with Crippen LogP contribution in [-0.4, -0.2) is 50.3 Å². The van der Waals surface area contributed by atoms with E-state index in [0.29, 0.717) is 11.5 Å². The zero-order chi connectivity index (χ0) is 14.5. The van der Waals surface area contributed by atoms with Gasteiger partial charge in [0, 0.05) is 33.3 Å². The van der Waals surface area contributed by atoms with Gasteiger partial charge in [0.05, 0.1) is 6.10 Å². The van der Waals surface area contributed by atoms with Crippen LogP contribution >= 0.6 is 24.0 Å². The number of aliphatic imine (C=N–C) groups is 1. The standard InChI is InChI=1S/C17H31N3O.HI/c1-18-16(19-11-7-15-6-5-13-21-15)20-12-10-17(14-20)8-3-2-4-9-17;/h15H,2-14H2,1H3,(H,18,19);1H. The third kappa shape index (κ3) is 4.49. The number of nitrogens with one attached hydrogen (secondary N) is 1. The van der Waals surface area contributed by atoms with Crippen molar-refractivity contribution < 1.29 is 4.74 Å². The molecular formula is C17H32IN3O. The summed E-state index contributed by atoms with van der Waals surface area (Å²) >= 11 is 0. The van der Waals surface area contributed by atoms with E-state index in [9.17, 15) is 0 Å². The van der Waals surface area contributed by atoms with E-state index in [2.05, 4.69) is 15.2 Å². The Hall–Kier alpha value is -0.0400. The Balaban J connectivity index is 0.00000176. The molecule has 128 valence electrons. The van der Waals surface area contributed by atoms with Gasteiger partial charge < -0.3 is 15.0 Å². The number of hydrogen-bond acceptors (Lipinski definition) is 2. The number of ether oxygens (including phenoxy) is 1. The molecule has 2 heterocycles. The fourth-order valence-electron chi connectivity index (χ4n) is 4.38. The molecule has 0 amide bonds. The molecule has 3 rings (SSSR count). The van der Waals surface area contributed by atoms with Crippen LogP contribution in [0.2, 0.25) is 0 Å². The maximum absolute atomic E-state index is 5.69. The van der Waals surface area contributed by atoms with E-state index < -0.39 is 0 Å². The second kappa shape index (κ2) is 8.71. The lowest BCUT2D eigenvalue weighted by atomic mass is 9.73. The molecule has 0 radical (unpaired) electrons. The second-order valence-corrected chi connectivity index (χ2v) is 7.13. The largest absolute Gasteiger partial charge is 0.378 e. The Bertz CT molecular complexity index is 363. The van der Waals surface area contributed by atoms with Gasteiger partial charge in [0.25, 0.3) is 0 Å². The fraction of sp³-hybridized carbons (Fsp3) is 0.941. The van der Waals surface area contributed by atoms with E-state index in [4.69, 9.17) is 4.74 Å². The zero-order valence-electron chi connectivity index (χ0n) is 14.0. The predicted molar refractivity (Wildman–Crippen MR) is 102 cm³/mol. The lowest BCUT2D eigenvalue weighted by molar-refractivity contribution is 0.105. The Labute approximate surface area is 152 Å². The molecule has 3 aliphatic rings. The highest BCUT2D eigenvalue weighted by Gasteiger charge is 2.39. The summed E-state index contributed by atoms with van der Waals surface area (Å²) in [5.74, 6) is 1.11. The molecule has 0 aromatic carbocycles. The van der Waals surface area contributed by atoms with Crippen LogP contribution in [0, 0.1) is 5.41 Å². The van der Waals surface area contributed by atoms with Gasteiger partial charge in [-0.05, 0) is 43.9 Å². The molecule has 1 unspecified atom stereocenters. The SMILES string of the molecule is CN=C(NCCC1CCCO1)N1CCC2(CCCCC2)C1.I. The van der Waals surface area contributed by atoms with Crippen LogP contribution in [0.4, 0.5) is 0 Å². The molecule has 0 aromatic heterocycles. The van der Waals surface area contributed by atoms with E-state index >= 15 is 0 Å². The average molecular weight is 421 g/mol. The highest BCUT2D eigenvalue weighted by molar-refractivity contribution is 14.0. The Kier molecular flexibility index (Phi) is 7.25. The van der Waals surface area contributed by atoms with Gasteiger partial charge in [0.1, 0.15) is 0 Å². The lowest BCUT2D eigenvalue weighted by Gasteiger charge is -2.33. The van der Waals surface area contributed by atoms with E-state index in [1.165, 1.54) is 64.5 Å². The van der Waals surface area contributed by atoms with Gasteiger partial charge >= 0.3 is 0 Å². The highest BCUT2D eigenvalue weighted by atomic mass is 127. The van der Waals surface area contributed by atoms with Gasteiger partial charge in [-0.2, -0.15) is 0 Å². The van der Waals surface area contributed by atoms with E-state index in [0.717, 1.165) is 25.5 Å². The summed E-state index contributed by atoms with van der Waals surface area (Å²) < 4.78 is 5.69. The van der Waals surface area contributed by atoms with Gasteiger partial charge in [-0.1, -0.05) is 19.3 Å². The topological polar surface area (TPSA) is 36.9 Å². The minimum Gasteiger partial charge on any atom is -0.378 e. The van der Waals surface area contributed by atoms with Crippen molar-refractivity contribution in [1.29, 1.82) is 0 Å². The Morgan fingerprint density at radius 2 is 2.05 bits per heavy atom. The van der Waals surface area contributed by atoms with Crippen LogP contribution < -0.4 is 5.32 Å². The van der Waals surface area contributed by atoms with Crippen molar-refractivity contribution >= 4 is 29.9 Å². The first kappa shape index (κ1) is 18.3. The second-order valence-electron chi connectivity index (χ2n) is 7.13. The summed E-state index contributed by atoms with van der Waals surface area (Å²) in [6.07, 6.45) is 12.6. The average Bonchev–Trinajstić information content (AvgIpc) is 3.15. The van der Waals surface area contributed by atoms with Gasteiger partial charge in [-0.3, -0.25) is 4.99 Å². The first-order chi connectivity index (χ1) is 10.3.